The molecule has 1 aromatic carbocycles. The van der Waals surface area contributed by atoms with Crippen molar-refractivity contribution >= 4 is 11.8 Å². The highest BCUT2D eigenvalue weighted by atomic mass is 16.2. The van der Waals surface area contributed by atoms with Crippen LogP contribution in [-0.2, 0) is 22.7 Å². The van der Waals surface area contributed by atoms with Gasteiger partial charge < -0.3 is 10.6 Å². The first-order chi connectivity index (χ1) is 12.1. The van der Waals surface area contributed by atoms with E-state index in [4.69, 9.17) is 0 Å². The van der Waals surface area contributed by atoms with Gasteiger partial charge in [0.1, 0.15) is 0 Å². The number of nitrogens with zero attached hydrogens (tertiary/aromatic N) is 1. The van der Waals surface area contributed by atoms with Crippen LogP contribution in [-0.4, -0.2) is 36.3 Å². The van der Waals surface area contributed by atoms with Gasteiger partial charge in [-0.1, -0.05) is 44.5 Å². The SMILES string of the molecule is CCC(C)C(=O)NCC(=O)NCc1ccc(CN2CCCCC2)cc1. The Morgan fingerprint density at radius 1 is 1.04 bits per heavy atom. The van der Waals surface area contributed by atoms with Crippen LogP contribution in [0.1, 0.15) is 50.7 Å². The van der Waals surface area contributed by atoms with Crippen molar-refractivity contribution in [3.63, 3.8) is 0 Å². The molecule has 1 aromatic rings. The standard InChI is InChI=1S/C20H31N3O2/c1-3-16(2)20(25)22-14-19(24)21-13-17-7-9-18(10-8-17)15-23-11-5-4-6-12-23/h7-10,16H,3-6,11-15H2,1-2H3,(H,21,24)(H,22,25). The molecule has 1 aliphatic heterocycles. The van der Waals surface area contributed by atoms with E-state index in [1.807, 2.05) is 13.8 Å². The number of carbonyl (C=O) groups excluding carboxylic acids is 2. The lowest BCUT2D eigenvalue weighted by molar-refractivity contribution is -0.128. The monoisotopic (exact) mass is 345 g/mol. The van der Waals surface area contributed by atoms with E-state index in [0.717, 1.165) is 18.5 Å². The molecule has 5 nitrogen and oxygen atoms in total. The Balaban J connectivity index is 1.70. The summed E-state index contributed by atoms with van der Waals surface area (Å²) in [5, 5.41) is 5.52. The van der Waals surface area contributed by atoms with Gasteiger partial charge in [0.15, 0.2) is 0 Å². The second-order valence-electron chi connectivity index (χ2n) is 6.96. The highest BCUT2D eigenvalue weighted by Gasteiger charge is 2.12. The van der Waals surface area contributed by atoms with Crippen LogP contribution in [0.2, 0.25) is 0 Å². The number of likely N-dealkylation sites (tertiary alicyclic amines) is 1. The average Bonchev–Trinajstić information content (AvgIpc) is 2.65. The van der Waals surface area contributed by atoms with E-state index in [0.29, 0.717) is 6.54 Å². The summed E-state index contributed by atoms with van der Waals surface area (Å²) in [7, 11) is 0. The van der Waals surface area contributed by atoms with E-state index in [1.165, 1.54) is 37.9 Å². The molecule has 2 rings (SSSR count). The Labute approximate surface area is 151 Å². The summed E-state index contributed by atoms with van der Waals surface area (Å²) in [6.45, 7) is 7.74. The van der Waals surface area contributed by atoms with Gasteiger partial charge in [0, 0.05) is 19.0 Å². The second kappa shape index (κ2) is 10.2. The van der Waals surface area contributed by atoms with Crippen molar-refractivity contribution < 1.29 is 9.59 Å². The lowest BCUT2D eigenvalue weighted by Crippen LogP contribution is -2.38. The van der Waals surface area contributed by atoms with Gasteiger partial charge in [-0.25, -0.2) is 0 Å². The molecule has 1 aliphatic rings. The molecular formula is C20H31N3O2. The molecule has 1 heterocycles. The van der Waals surface area contributed by atoms with Gasteiger partial charge in [-0.3, -0.25) is 14.5 Å². The molecule has 0 aromatic heterocycles. The van der Waals surface area contributed by atoms with Crippen molar-refractivity contribution in [1.29, 1.82) is 0 Å². The molecule has 2 N–H and O–H groups in total. The maximum absolute atomic E-state index is 11.8. The number of carbonyl (C=O) groups is 2. The lowest BCUT2D eigenvalue weighted by atomic mass is 10.1. The maximum atomic E-state index is 11.8. The zero-order valence-corrected chi connectivity index (χ0v) is 15.5. The highest BCUT2D eigenvalue weighted by molar-refractivity contribution is 5.85. The zero-order chi connectivity index (χ0) is 18.1. The summed E-state index contributed by atoms with van der Waals surface area (Å²) in [4.78, 5) is 26.0. The number of rotatable bonds is 8. The first kappa shape index (κ1) is 19.4. The van der Waals surface area contributed by atoms with E-state index >= 15 is 0 Å². The molecule has 1 atom stereocenters. The Bertz CT molecular complexity index is 551. The van der Waals surface area contributed by atoms with E-state index in [9.17, 15) is 9.59 Å². The molecular weight excluding hydrogens is 314 g/mol. The van der Waals surface area contributed by atoms with Crippen LogP contribution in [0, 0.1) is 5.92 Å². The third kappa shape index (κ3) is 6.86. The first-order valence-corrected chi connectivity index (χ1v) is 9.43. The van der Waals surface area contributed by atoms with Crippen molar-refractivity contribution in [2.24, 2.45) is 5.92 Å². The fourth-order valence-electron chi connectivity index (χ4n) is 2.93. The predicted octanol–water partition coefficient (Wildman–Crippen LogP) is 2.45. The molecule has 25 heavy (non-hydrogen) atoms. The molecule has 0 radical (unpaired) electrons. The summed E-state index contributed by atoms with van der Waals surface area (Å²) in [6, 6.07) is 8.41. The van der Waals surface area contributed by atoms with Gasteiger partial charge in [-0.05, 0) is 43.5 Å². The quantitative estimate of drug-likeness (QED) is 0.761. The molecule has 138 valence electrons. The smallest absolute Gasteiger partial charge is 0.239 e. The van der Waals surface area contributed by atoms with Crippen molar-refractivity contribution in [2.75, 3.05) is 19.6 Å². The molecule has 0 bridgehead atoms. The lowest BCUT2D eigenvalue weighted by Gasteiger charge is -2.26. The van der Waals surface area contributed by atoms with Crippen molar-refractivity contribution in [2.45, 2.75) is 52.6 Å². The molecule has 1 unspecified atom stereocenters. The van der Waals surface area contributed by atoms with Gasteiger partial charge in [-0.2, -0.15) is 0 Å². The van der Waals surface area contributed by atoms with Crippen LogP contribution in [0.3, 0.4) is 0 Å². The fourth-order valence-corrected chi connectivity index (χ4v) is 2.93. The summed E-state index contributed by atoms with van der Waals surface area (Å²) < 4.78 is 0. The van der Waals surface area contributed by atoms with Crippen LogP contribution in [0.15, 0.2) is 24.3 Å². The number of nitrogens with one attached hydrogen (secondary N) is 2. The van der Waals surface area contributed by atoms with E-state index in [2.05, 4.69) is 39.8 Å². The molecule has 0 saturated carbocycles. The normalized spacial score (nSPS) is 16.2. The molecule has 2 amide bonds. The van der Waals surface area contributed by atoms with Gasteiger partial charge in [0.05, 0.1) is 6.54 Å². The molecule has 5 heteroatoms. The van der Waals surface area contributed by atoms with Crippen LogP contribution >= 0.6 is 0 Å². The maximum Gasteiger partial charge on any atom is 0.239 e. The van der Waals surface area contributed by atoms with Crippen LogP contribution in [0.5, 0.6) is 0 Å². The topological polar surface area (TPSA) is 61.4 Å². The van der Waals surface area contributed by atoms with Crippen LogP contribution in [0.25, 0.3) is 0 Å². The van der Waals surface area contributed by atoms with Crippen molar-refractivity contribution in [3.05, 3.63) is 35.4 Å². The summed E-state index contributed by atoms with van der Waals surface area (Å²) >= 11 is 0. The minimum atomic E-state index is -0.158. The Hall–Kier alpha value is -1.88. The molecule has 1 saturated heterocycles. The Kier molecular flexibility index (Phi) is 7.92. The highest BCUT2D eigenvalue weighted by Crippen LogP contribution is 2.13. The largest absolute Gasteiger partial charge is 0.350 e. The van der Waals surface area contributed by atoms with Crippen molar-refractivity contribution in [3.8, 4) is 0 Å². The first-order valence-electron chi connectivity index (χ1n) is 9.43. The van der Waals surface area contributed by atoms with E-state index in [-0.39, 0.29) is 24.3 Å². The van der Waals surface area contributed by atoms with Gasteiger partial charge in [0.2, 0.25) is 11.8 Å². The summed E-state index contributed by atoms with van der Waals surface area (Å²) in [6.07, 6.45) is 4.74. The molecule has 0 spiro atoms. The van der Waals surface area contributed by atoms with Gasteiger partial charge >= 0.3 is 0 Å². The van der Waals surface area contributed by atoms with Crippen molar-refractivity contribution in [1.82, 2.24) is 15.5 Å². The zero-order valence-electron chi connectivity index (χ0n) is 15.5. The number of hydrogen-bond donors (Lipinski definition) is 2. The Morgan fingerprint density at radius 3 is 2.32 bits per heavy atom. The number of piperidine rings is 1. The average molecular weight is 345 g/mol. The summed E-state index contributed by atoms with van der Waals surface area (Å²) in [5.41, 5.74) is 2.39. The predicted molar refractivity (Wildman–Crippen MR) is 99.9 cm³/mol. The molecule has 0 aliphatic carbocycles. The minimum absolute atomic E-state index is 0.0379. The summed E-state index contributed by atoms with van der Waals surface area (Å²) in [5.74, 6) is -0.283. The van der Waals surface area contributed by atoms with E-state index in [1.54, 1.807) is 0 Å². The third-order valence-electron chi connectivity index (χ3n) is 4.85. The van der Waals surface area contributed by atoms with Gasteiger partial charge in [0.25, 0.3) is 0 Å². The second-order valence-corrected chi connectivity index (χ2v) is 6.96. The third-order valence-corrected chi connectivity index (χ3v) is 4.85. The van der Waals surface area contributed by atoms with Crippen LogP contribution < -0.4 is 10.6 Å². The van der Waals surface area contributed by atoms with Gasteiger partial charge in [-0.15, -0.1) is 0 Å². The fraction of sp³-hybridized carbons (Fsp3) is 0.600. The Morgan fingerprint density at radius 2 is 1.68 bits per heavy atom. The number of hydrogen-bond acceptors (Lipinski definition) is 3. The molecule has 1 fully saturated rings. The van der Waals surface area contributed by atoms with E-state index < -0.39 is 0 Å². The number of amides is 2. The minimum Gasteiger partial charge on any atom is -0.350 e. The number of benzene rings is 1. The van der Waals surface area contributed by atoms with Crippen LogP contribution in [0.4, 0.5) is 0 Å².